The van der Waals surface area contributed by atoms with Crippen LogP contribution in [0.15, 0.2) is 28.5 Å². The Kier molecular flexibility index (Phi) is 4.35. The molecular formula is C17H18N2O4S2. The lowest BCUT2D eigenvalue weighted by atomic mass is 10.1. The van der Waals surface area contributed by atoms with Crippen LogP contribution in [0.25, 0.3) is 0 Å². The van der Waals surface area contributed by atoms with Gasteiger partial charge in [-0.25, -0.2) is 18.1 Å². The number of amides is 1. The maximum atomic E-state index is 12.5. The molecule has 1 fully saturated rings. The summed E-state index contributed by atoms with van der Waals surface area (Å²) < 4.78 is 32.7. The van der Waals surface area contributed by atoms with Crippen LogP contribution in [0.4, 0.5) is 0 Å². The molecule has 6 nitrogen and oxygen atoms in total. The summed E-state index contributed by atoms with van der Waals surface area (Å²) in [5.41, 5.74) is 2.34. The number of ether oxygens (including phenoxy) is 1. The minimum Gasteiger partial charge on any atom is -0.371 e. The number of hydrogen-bond donors (Lipinski definition) is 1. The van der Waals surface area contributed by atoms with Gasteiger partial charge in [-0.3, -0.25) is 4.79 Å². The summed E-state index contributed by atoms with van der Waals surface area (Å²) in [6.45, 7) is 0.693. The molecule has 1 aromatic carbocycles. The second-order valence-corrected chi connectivity index (χ2v) is 8.86. The van der Waals surface area contributed by atoms with Crippen LogP contribution in [-0.2, 0) is 27.6 Å². The van der Waals surface area contributed by atoms with Crippen molar-refractivity contribution in [2.45, 2.75) is 43.1 Å². The smallest absolute Gasteiger partial charge is 0.284 e. The standard InChI is InChI=1S/C17H18N2O4S2/c20-16(14-10-24-17(18-14)15-5-2-8-23-15)19-25(21,22)13-7-6-11-3-1-4-12(11)9-13/h6-7,9-10,15H,1-5,8H2,(H,19,20). The molecule has 1 aliphatic heterocycles. The number of fused-ring (bicyclic) bond motifs is 1. The molecule has 0 saturated carbocycles. The lowest BCUT2D eigenvalue weighted by molar-refractivity contribution is 0.0973. The Morgan fingerprint density at radius 2 is 2.08 bits per heavy atom. The third-order valence-electron chi connectivity index (χ3n) is 4.57. The second-order valence-electron chi connectivity index (χ2n) is 6.29. The predicted molar refractivity (Wildman–Crippen MR) is 93.2 cm³/mol. The SMILES string of the molecule is O=C(NS(=O)(=O)c1ccc2c(c1)CCC2)c1csc(C2CCCO2)n1. The van der Waals surface area contributed by atoms with Crippen molar-refractivity contribution in [3.63, 3.8) is 0 Å². The summed E-state index contributed by atoms with van der Waals surface area (Å²) in [6.07, 6.45) is 4.66. The van der Waals surface area contributed by atoms with Crippen molar-refractivity contribution in [1.29, 1.82) is 0 Å². The Morgan fingerprint density at radius 1 is 1.24 bits per heavy atom. The molecule has 1 N–H and O–H groups in total. The van der Waals surface area contributed by atoms with Gasteiger partial charge in [-0.1, -0.05) is 6.07 Å². The third-order valence-corrected chi connectivity index (χ3v) is 6.83. The van der Waals surface area contributed by atoms with E-state index in [1.165, 1.54) is 16.9 Å². The molecule has 0 radical (unpaired) electrons. The average molecular weight is 378 g/mol. The van der Waals surface area contributed by atoms with Crippen molar-refractivity contribution in [3.8, 4) is 0 Å². The first-order chi connectivity index (χ1) is 12.0. The van der Waals surface area contributed by atoms with Gasteiger partial charge in [0.05, 0.1) is 4.90 Å². The van der Waals surface area contributed by atoms with Crippen molar-refractivity contribution in [3.05, 3.63) is 45.4 Å². The van der Waals surface area contributed by atoms with Crippen LogP contribution in [-0.4, -0.2) is 25.9 Å². The van der Waals surface area contributed by atoms with Crippen LogP contribution in [0.1, 0.15) is 52.0 Å². The molecule has 132 valence electrons. The maximum absolute atomic E-state index is 12.5. The molecule has 1 amide bonds. The fraction of sp³-hybridized carbons (Fsp3) is 0.412. The zero-order chi connectivity index (χ0) is 17.4. The first-order valence-corrected chi connectivity index (χ1v) is 10.7. The maximum Gasteiger partial charge on any atom is 0.284 e. The Balaban J connectivity index is 1.51. The quantitative estimate of drug-likeness (QED) is 0.884. The number of aryl methyl sites for hydroxylation is 2. The highest BCUT2D eigenvalue weighted by Crippen LogP contribution is 2.30. The summed E-state index contributed by atoms with van der Waals surface area (Å²) >= 11 is 1.32. The van der Waals surface area contributed by atoms with E-state index in [1.807, 2.05) is 6.07 Å². The van der Waals surface area contributed by atoms with Gasteiger partial charge in [0.2, 0.25) is 0 Å². The minimum absolute atomic E-state index is 0.0835. The van der Waals surface area contributed by atoms with Gasteiger partial charge in [-0.15, -0.1) is 11.3 Å². The van der Waals surface area contributed by atoms with Gasteiger partial charge < -0.3 is 4.74 Å². The molecule has 1 aliphatic carbocycles. The number of nitrogens with zero attached hydrogens (tertiary/aromatic N) is 1. The molecule has 2 aliphatic rings. The van der Waals surface area contributed by atoms with Gasteiger partial charge in [-0.05, 0) is 55.4 Å². The summed E-state index contributed by atoms with van der Waals surface area (Å²) in [5.74, 6) is -0.707. The first-order valence-electron chi connectivity index (χ1n) is 8.29. The van der Waals surface area contributed by atoms with Gasteiger partial charge in [0, 0.05) is 12.0 Å². The van der Waals surface area contributed by atoms with E-state index in [2.05, 4.69) is 9.71 Å². The number of nitrogens with one attached hydrogen (secondary N) is 1. The Hall–Kier alpha value is -1.77. The van der Waals surface area contributed by atoms with Gasteiger partial charge in [-0.2, -0.15) is 0 Å². The van der Waals surface area contributed by atoms with Crippen molar-refractivity contribution >= 4 is 27.3 Å². The number of benzene rings is 1. The number of rotatable bonds is 4. The highest BCUT2D eigenvalue weighted by atomic mass is 32.2. The van der Waals surface area contributed by atoms with Crippen LogP contribution in [0.2, 0.25) is 0 Å². The van der Waals surface area contributed by atoms with Gasteiger partial charge in [0.15, 0.2) is 0 Å². The van der Waals surface area contributed by atoms with Gasteiger partial charge >= 0.3 is 0 Å². The van der Waals surface area contributed by atoms with E-state index in [1.54, 1.807) is 17.5 Å². The predicted octanol–water partition coefficient (Wildman–Crippen LogP) is 2.60. The molecule has 25 heavy (non-hydrogen) atoms. The van der Waals surface area contributed by atoms with E-state index in [4.69, 9.17) is 4.74 Å². The number of carbonyl (C=O) groups is 1. The lowest BCUT2D eigenvalue weighted by Gasteiger charge is -2.08. The van der Waals surface area contributed by atoms with E-state index in [0.29, 0.717) is 6.61 Å². The van der Waals surface area contributed by atoms with E-state index >= 15 is 0 Å². The van der Waals surface area contributed by atoms with E-state index in [0.717, 1.165) is 42.7 Å². The fourth-order valence-corrected chi connectivity index (χ4v) is 5.15. The normalized spacial score (nSPS) is 19.8. The summed E-state index contributed by atoms with van der Waals surface area (Å²) in [7, 11) is -3.91. The minimum atomic E-state index is -3.91. The van der Waals surface area contributed by atoms with Crippen LogP contribution >= 0.6 is 11.3 Å². The molecule has 8 heteroatoms. The highest BCUT2D eigenvalue weighted by Gasteiger charge is 2.25. The zero-order valence-corrected chi connectivity index (χ0v) is 15.2. The molecule has 2 heterocycles. The number of aromatic nitrogens is 1. The summed E-state index contributed by atoms with van der Waals surface area (Å²) in [6, 6.07) is 5.05. The average Bonchev–Trinajstić information content (AvgIpc) is 3.32. The molecule has 0 bridgehead atoms. The number of carbonyl (C=O) groups excluding carboxylic acids is 1. The number of hydrogen-bond acceptors (Lipinski definition) is 6. The molecule has 1 saturated heterocycles. The molecule has 2 aromatic rings. The van der Waals surface area contributed by atoms with Crippen LogP contribution < -0.4 is 4.72 Å². The lowest BCUT2D eigenvalue weighted by Crippen LogP contribution is -2.31. The molecule has 1 aromatic heterocycles. The molecular weight excluding hydrogens is 360 g/mol. The van der Waals surface area contributed by atoms with Crippen molar-refractivity contribution in [1.82, 2.24) is 9.71 Å². The Morgan fingerprint density at radius 3 is 2.88 bits per heavy atom. The topological polar surface area (TPSA) is 85.4 Å². The van der Waals surface area contributed by atoms with Crippen LogP contribution in [0, 0.1) is 0 Å². The molecule has 4 rings (SSSR count). The molecule has 0 spiro atoms. The van der Waals surface area contributed by atoms with E-state index in [9.17, 15) is 13.2 Å². The van der Waals surface area contributed by atoms with Gasteiger partial charge in [0.1, 0.15) is 16.8 Å². The van der Waals surface area contributed by atoms with Crippen LogP contribution in [0.3, 0.4) is 0 Å². The van der Waals surface area contributed by atoms with E-state index in [-0.39, 0.29) is 16.7 Å². The fourth-order valence-electron chi connectivity index (χ4n) is 3.26. The van der Waals surface area contributed by atoms with Crippen molar-refractivity contribution in [2.75, 3.05) is 6.61 Å². The van der Waals surface area contributed by atoms with Crippen molar-refractivity contribution < 1.29 is 17.9 Å². The highest BCUT2D eigenvalue weighted by molar-refractivity contribution is 7.90. The zero-order valence-electron chi connectivity index (χ0n) is 13.5. The van der Waals surface area contributed by atoms with Crippen LogP contribution in [0.5, 0.6) is 0 Å². The summed E-state index contributed by atoms with van der Waals surface area (Å²) in [4.78, 5) is 16.7. The second kappa shape index (κ2) is 6.51. The third kappa shape index (κ3) is 3.33. The monoisotopic (exact) mass is 378 g/mol. The summed E-state index contributed by atoms with van der Waals surface area (Å²) in [5, 5.41) is 2.29. The molecule has 1 unspecified atom stereocenters. The number of sulfonamides is 1. The number of thiazole rings is 1. The van der Waals surface area contributed by atoms with Crippen molar-refractivity contribution in [2.24, 2.45) is 0 Å². The van der Waals surface area contributed by atoms with Gasteiger partial charge in [0.25, 0.3) is 15.9 Å². The molecule has 1 atom stereocenters. The Labute approximate surface area is 150 Å². The largest absolute Gasteiger partial charge is 0.371 e. The van der Waals surface area contributed by atoms with E-state index < -0.39 is 15.9 Å². The first kappa shape index (κ1) is 16.7. The Bertz CT molecular complexity index is 914.